The lowest BCUT2D eigenvalue weighted by Crippen LogP contribution is -2.34. The van der Waals surface area contributed by atoms with Crippen LogP contribution in [0.5, 0.6) is 0 Å². The fraction of sp³-hybridized carbons (Fsp3) is 0.538. The molecule has 1 aromatic rings. The maximum atomic E-state index is 13.7. The fourth-order valence-electron chi connectivity index (χ4n) is 2.42. The normalized spacial score (nSPS) is 22.3. The van der Waals surface area contributed by atoms with E-state index in [-0.39, 0.29) is 5.82 Å². The van der Waals surface area contributed by atoms with Crippen LogP contribution in [0.4, 0.5) is 4.39 Å². The van der Waals surface area contributed by atoms with Crippen LogP contribution in [-0.2, 0) is 0 Å². The molecule has 0 saturated carbocycles. The van der Waals surface area contributed by atoms with Gasteiger partial charge in [0, 0.05) is 11.0 Å². The van der Waals surface area contributed by atoms with Gasteiger partial charge in [-0.05, 0) is 55.6 Å². The lowest BCUT2D eigenvalue weighted by atomic mass is 9.90. The summed E-state index contributed by atoms with van der Waals surface area (Å²) in [6.45, 7) is 5.37. The van der Waals surface area contributed by atoms with Gasteiger partial charge < -0.3 is 4.90 Å². The van der Waals surface area contributed by atoms with Gasteiger partial charge in [0.2, 0.25) is 0 Å². The fourth-order valence-corrected chi connectivity index (χ4v) is 2.80. The van der Waals surface area contributed by atoms with Crippen LogP contribution >= 0.6 is 15.9 Å². The first-order chi connectivity index (χ1) is 7.70. The molecule has 0 N–H and O–H groups in total. The van der Waals surface area contributed by atoms with Crippen LogP contribution in [0.15, 0.2) is 22.7 Å². The van der Waals surface area contributed by atoms with E-state index in [1.165, 1.54) is 6.42 Å². The molecule has 16 heavy (non-hydrogen) atoms. The van der Waals surface area contributed by atoms with E-state index in [1.54, 1.807) is 12.1 Å². The van der Waals surface area contributed by atoms with Crippen molar-refractivity contribution in [1.82, 2.24) is 4.90 Å². The van der Waals surface area contributed by atoms with Crippen LogP contribution in [0, 0.1) is 5.82 Å². The molecule has 0 radical (unpaired) electrons. The van der Waals surface area contributed by atoms with E-state index < -0.39 is 0 Å². The standard InChI is InChI=1S/C13H17BrFN/c1-2-16-7-3-4-10(9-16)12-8-11(14)5-6-13(12)15/h5-6,8,10H,2-4,7,9H2,1H3. The average Bonchev–Trinajstić information content (AvgIpc) is 2.32. The highest BCUT2D eigenvalue weighted by atomic mass is 79.9. The van der Waals surface area contributed by atoms with Crippen LogP contribution in [0.3, 0.4) is 0 Å². The van der Waals surface area contributed by atoms with E-state index in [0.717, 1.165) is 36.1 Å². The summed E-state index contributed by atoms with van der Waals surface area (Å²) in [5.74, 6) is 0.289. The zero-order valence-electron chi connectivity index (χ0n) is 9.55. The zero-order chi connectivity index (χ0) is 11.5. The summed E-state index contributed by atoms with van der Waals surface area (Å²) in [6.07, 6.45) is 2.27. The van der Waals surface area contributed by atoms with Crippen molar-refractivity contribution in [3.8, 4) is 0 Å². The van der Waals surface area contributed by atoms with Crippen molar-refractivity contribution in [3.63, 3.8) is 0 Å². The Kier molecular flexibility index (Phi) is 3.98. The Morgan fingerprint density at radius 1 is 1.50 bits per heavy atom. The SMILES string of the molecule is CCN1CCCC(c2cc(Br)ccc2F)C1. The molecule has 88 valence electrons. The summed E-state index contributed by atoms with van der Waals surface area (Å²) < 4.78 is 14.7. The number of likely N-dealkylation sites (N-methyl/N-ethyl adjacent to an activating group) is 1. The molecular formula is C13H17BrFN. The number of piperidine rings is 1. The average molecular weight is 286 g/mol. The number of nitrogens with zero attached hydrogens (tertiary/aromatic N) is 1. The minimum atomic E-state index is -0.0637. The quantitative estimate of drug-likeness (QED) is 0.799. The molecular weight excluding hydrogens is 269 g/mol. The van der Waals surface area contributed by atoms with E-state index in [1.807, 2.05) is 6.07 Å². The molecule has 1 saturated heterocycles. The summed E-state index contributed by atoms with van der Waals surface area (Å²) in [5.41, 5.74) is 0.868. The molecule has 1 heterocycles. The molecule has 1 aliphatic heterocycles. The molecule has 0 amide bonds. The third-order valence-corrected chi connectivity index (χ3v) is 3.84. The first-order valence-electron chi connectivity index (χ1n) is 5.88. The summed E-state index contributed by atoms with van der Waals surface area (Å²) in [6, 6.07) is 5.25. The first-order valence-corrected chi connectivity index (χ1v) is 6.67. The van der Waals surface area contributed by atoms with E-state index >= 15 is 0 Å². The van der Waals surface area contributed by atoms with Crippen molar-refractivity contribution in [2.24, 2.45) is 0 Å². The van der Waals surface area contributed by atoms with Crippen LogP contribution in [0.1, 0.15) is 31.2 Å². The molecule has 0 aliphatic carbocycles. The molecule has 3 heteroatoms. The molecule has 1 aliphatic rings. The number of hydrogen-bond donors (Lipinski definition) is 0. The topological polar surface area (TPSA) is 3.24 Å². The third kappa shape index (κ3) is 2.64. The van der Waals surface area contributed by atoms with Gasteiger partial charge in [-0.2, -0.15) is 0 Å². The smallest absolute Gasteiger partial charge is 0.126 e. The highest BCUT2D eigenvalue weighted by Gasteiger charge is 2.22. The van der Waals surface area contributed by atoms with Gasteiger partial charge >= 0.3 is 0 Å². The Balaban J connectivity index is 2.19. The van der Waals surface area contributed by atoms with Crippen molar-refractivity contribution >= 4 is 15.9 Å². The highest BCUT2D eigenvalue weighted by Crippen LogP contribution is 2.30. The van der Waals surface area contributed by atoms with Crippen LogP contribution in [0.25, 0.3) is 0 Å². The van der Waals surface area contributed by atoms with Crippen molar-refractivity contribution in [3.05, 3.63) is 34.1 Å². The van der Waals surface area contributed by atoms with Gasteiger partial charge in [-0.1, -0.05) is 22.9 Å². The van der Waals surface area contributed by atoms with Crippen molar-refractivity contribution in [1.29, 1.82) is 0 Å². The predicted octanol–water partition coefficient (Wildman–Crippen LogP) is 3.79. The van der Waals surface area contributed by atoms with E-state index in [2.05, 4.69) is 27.8 Å². The lowest BCUT2D eigenvalue weighted by molar-refractivity contribution is 0.216. The Bertz CT molecular complexity index is 367. The van der Waals surface area contributed by atoms with Gasteiger partial charge in [0.1, 0.15) is 5.82 Å². The predicted molar refractivity (Wildman–Crippen MR) is 68.2 cm³/mol. The Morgan fingerprint density at radius 2 is 2.31 bits per heavy atom. The van der Waals surface area contributed by atoms with Gasteiger partial charge in [0.15, 0.2) is 0 Å². The van der Waals surface area contributed by atoms with Crippen molar-refractivity contribution in [2.75, 3.05) is 19.6 Å². The number of rotatable bonds is 2. The molecule has 1 aromatic carbocycles. The third-order valence-electron chi connectivity index (χ3n) is 3.35. The Morgan fingerprint density at radius 3 is 3.06 bits per heavy atom. The second-order valence-corrected chi connectivity index (χ2v) is 5.31. The minimum absolute atomic E-state index is 0.0637. The molecule has 2 rings (SSSR count). The molecule has 0 aromatic heterocycles. The van der Waals surface area contributed by atoms with E-state index in [4.69, 9.17) is 0 Å². The maximum Gasteiger partial charge on any atom is 0.126 e. The van der Waals surface area contributed by atoms with Gasteiger partial charge in [-0.3, -0.25) is 0 Å². The van der Waals surface area contributed by atoms with Crippen LogP contribution in [0.2, 0.25) is 0 Å². The number of benzene rings is 1. The first kappa shape index (κ1) is 12.1. The molecule has 1 unspecified atom stereocenters. The van der Waals surface area contributed by atoms with Crippen LogP contribution < -0.4 is 0 Å². The second-order valence-electron chi connectivity index (χ2n) is 4.40. The van der Waals surface area contributed by atoms with Crippen LogP contribution in [-0.4, -0.2) is 24.5 Å². The maximum absolute atomic E-state index is 13.7. The minimum Gasteiger partial charge on any atom is -0.303 e. The van der Waals surface area contributed by atoms with Crippen molar-refractivity contribution < 1.29 is 4.39 Å². The molecule has 1 fully saturated rings. The zero-order valence-corrected chi connectivity index (χ0v) is 11.1. The Labute approximate surface area is 105 Å². The van der Waals surface area contributed by atoms with Gasteiger partial charge in [-0.25, -0.2) is 4.39 Å². The number of likely N-dealkylation sites (tertiary alicyclic amines) is 1. The highest BCUT2D eigenvalue weighted by molar-refractivity contribution is 9.10. The second kappa shape index (κ2) is 5.28. The van der Waals surface area contributed by atoms with Gasteiger partial charge in [-0.15, -0.1) is 0 Å². The van der Waals surface area contributed by atoms with Crippen molar-refractivity contribution in [2.45, 2.75) is 25.7 Å². The monoisotopic (exact) mass is 285 g/mol. The van der Waals surface area contributed by atoms with E-state index in [9.17, 15) is 4.39 Å². The molecule has 1 atom stereocenters. The number of halogens is 2. The number of hydrogen-bond acceptors (Lipinski definition) is 1. The summed E-state index contributed by atoms with van der Waals surface area (Å²) in [4.78, 5) is 2.40. The summed E-state index contributed by atoms with van der Waals surface area (Å²) >= 11 is 3.41. The molecule has 0 bridgehead atoms. The largest absolute Gasteiger partial charge is 0.303 e. The molecule has 0 spiro atoms. The summed E-state index contributed by atoms with van der Waals surface area (Å²) in [5, 5.41) is 0. The van der Waals surface area contributed by atoms with Gasteiger partial charge in [0.05, 0.1) is 0 Å². The molecule has 1 nitrogen and oxygen atoms in total. The summed E-state index contributed by atoms with van der Waals surface area (Å²) in [7, 11) is 0. The van der Waals surface area contributed by atoms with E-state index in [0.29, 0.717) is 5.92 Å². The Hall–Kier alpha value is -0.410. The van der Waals surface area contributed by atoms with Gasteiger partial charge in [0.25, 0.3) is 0 Å². The lowest BCUT2D eigenvalue weighted by Gasteiger charge is -2.32.